The SMILES string of the molecule is O=C(OP(O)(O)=S)c1ccccc1. The summed E-state index contributed by atoms with van der Waals surface area (Å²) >= 11 is 4.14. The monoisotopic (exact) mass is 218 g/mol. The first-order valence-electron chi connectivity index (χ1n) is 3.33. The summed E-state index contributed by atoms with van der Waals surface area (Å²) in [6, 6.07) is 7.98. The van der Waals surface area contributed by atoms with Crippen molar-refractivity contribution in [3.63, 3.8) is 0 Å². The van der Waals surface area contributed by atoms with Crippen LogP contribution in [-0.4, -0.2) is 15.8 Å². The van der Waals surface area contributed by atoms with E-state index in [1.54, 1.807) is 18.2 Å². The lowest BCUT2D eigenvalue weighted by atomic mass is 10.2. The lowest BCUT2D eigenvalue weighted by Gasteiger charge is -2.07. The van der Waals surface area contributed by atoms with Gasteiger partial charge in [0.15, 0.2) is 0 Å². The van der Waals surface area contributed by atoms with Crippen LogP contribution in [0.1, 0.15) is 10.4 Å². The Kier molecular flexibility index (Phi) is 3.17. The van der Waals surface area contributed by atoms with Crippen LogP contribution in [0, 0.1) is 0 Å². The third kappa shape index (κ3) is 3.65. The van der Waals surface area contributed by atoms with Crippen LogP contribution in [0.15, 0.2) is 30.3 Å². The highest BCUT2D eigenvalue weighted by atomic mass is 32.5. The minimum absolute atomic E-state index is 0.236. The van der Waals surface area contributed by atoms with Crippen LogP contribution >= 0.6 is 6.72 Å². The Hall–Kier alpha value is -0.740. The van der Waals surface area contributed by atoms with Crippen molar-refractivity contribution in [3.8, 4) is 0 Å². The Labute approximate surface area is 80.0 Å². The first-order valence-corrected chi connectivity index (χ1v) is 5.96. The van der Waals surface area contributed by atoms with Gasteiger partial charge in [0.1, 0.15) is 0 Å². The molecular formula is C7H7O4PS. The predicted molar refractivity (Wildman–Crippen MR) is 50.6 cm³/mol. The molecule has 1 aromatic rings. The van der Waals surface area contributed by atoms with E-state index in [9.17, 15) is 4.79 Å². The summed E-state index contributed by atoms with van der Waals surface area (Å²) in [7, 11) is 0. The molecule has 0 atom stereocenters. The number of carbonyl (C=O) groups is 1. The summed E-state index contributed by atoms with van der Waals surface area (Å²) < 4.78 is 4.22. The highest BCUT2D eigenvalue weighted by molar-refractivity contribution is 8.06. The molecule has 1 aromatic carbocycles. The van der Waals surface area contributed by atoms with Crippen molar-refractivity contribution >= 4 is 24.5 Å². The smallest absolute Gasteiger partial charge is 0.377 e. The van der Waals surface area contributed by atoms with E-state index in [1.807, 2.05) is 0 Å². The van der Waals surface area contributed by atoms with Gasteiger partial charge in [0, 0.05) is 11.8 Å². The third-order valence-corrected chi connectivity index (χ3v) is 1.84. The summed E-state index contributed by atoms with van der Waals surface area (Å²) in [6.45, 7) is -3.90. The fraction of sp³-hybridized carbons (Fsp3) is 0. The molecule has 0 saturated carbocycles. The van der Waals surface area contributed by atoms with Crippen molar-refractivity contribution in [1.29, 1.82) is 0 Å². The second-order valence-electron chi connectivity index (χ2n) is 2.24. The van der Waals surface area contributed by atoms with Crippen LogP contribution in [0.3, 0.4) is 0 Å². The molecule has 0 saturated heterocycles. The maximum atomic E-state index is 11.1. The Morgan fingerprint density at radius 3 is 2.31 bits per heavy atom. The number of rotatable bonds is 2. The quantitative estimate of drug-likeness (QED) is 0.726. The minimum Gasteiger partial charge on any atom is -0.388 e. The second kappa shape index (κ2) is 3.98. The topological polar surface area (TPSA) is 66.8 Å². The molecule has 70 valence electrons. The van der Waals surface area contributed by atoms with Crippen LogP contribution in [0.4, 0.5) is 0 Å². The number of hydrogen-bond acceptors (Lipinski definition) is 3. The van der Waals surface area contributed by atoms with Gasteiger partial charge in [-0.25, -0.2) is 4.79 Å². The number of carbonyl (C=O) groups excluding carboxylic acids is 1. The molecule has 1 rings (SSSR count). The van der Waals surface area contributed by atoms with E-state index in [0.717, 1.165) is 0 Å². The van der Waals surface area contributed by atoms with Crippen molar-refractivity contribution in [2.24, 2.45) is 0 Å². The Bertz CT molecular complexity index is 345. The summed E-state index contributed by atoms with van der Waals surface area (Å²) in [5, 5.41) is 0. The van der Waals surface area contributed by atoms with E-state index >= 15 is 0 Å². The second-order valence-corrected chi connectivity index (χ2v) is 4.83. The molecule has 0 fully saturated rings. The third-order valence-electron chi connectivity index (χ3n) is 1.21. The largest absolute Gasteiger partial charge is 0.388 e. The molecule has 6 heteroatoms. The molecule has 0 aromatic heterocycles. The molecular weight excluding hydrogens is 211 g/mol. The predicted octanol–water partition coefficient (Wildman–Crippen LogP) is 1.05. The Morgan fingerprint density at radius 1 is 1.31 bits per heavy atom. The van der Waals surface area contributed by atoms with Crippen molar-refractivity contribution < 1.29 is 19.1 Å². The van der Waals surface area contributed by atoms with Gasteiger partial charge in [-0.3, -0.25) is 0 Å². The van der Waals surface area contributed by atoms with Gasteiger partial charge in [0.2, 0.25) is 0 Å². The fourth-order valence-electron chi connectivity index (χ4n) is 0.735. The van der Waals surface area contributed by atoms with E-state index in [-0.39, 0.29) is 5.56 Å². The van der Waals surface area contributed by atoms with Gasteiger partial charge in [-0.15, -0.1) is 0 Å². The van der Waals surface area contributed by atoms with Crippen LogP contribution in [0.5, 0.6) is 0 Å². The average molecular weight is 218 g/mol. The molecule has 4 nitrogen and oxygen atoms in total. The molecule has 0 unspecified atom stereocenters. The van der Waals surface area contributed by atoms with Crippen molar-refractivity contribution in [2.45, 2.75) is 0 Å². The Morgan fingerprint density at radius 2 is 1.85 bits per heavy atom. The zero-order valence-corrected chi connectivity index (χ0v) is 8.16. The molecule has 0 aliphatic heterocycles. The Balaban J connectivity index is 2.76. The number of hydrogen-bond donors (Lipinski definition) is 2. The highest BCUT2D eigenvalue weighted by Crippen LogP contribution is 2.37. The summed E-state index contributed by atoms with van der Waals surface area (Å²) in [4.78, 5) is 28.5. The van der Waals surface area contributed by atoms with Crippen molar-refractivity contribution in [3.05, 3.63) is 35.9 Å². The molecule has 0 aliphatic carbocycles. The lowest BCUT2D eigenvalue weighted by Crippen LogP contribution is -2.02. The van der Waals surface area contributed by atoms with Crippen LogP contribution in [0.2, 0.25) is 0 Å². The minimum atomic E-state index is -3.90. The van der Waals surface area contributed by atoms with Crippen LogP contribution < -0.4 is 0 Å². The van der Waals surface area contributed by atoms with E-state index in [2.05, 4.69) is 16.3 Å². The molecule has 0 spiro atoms. The molecule has 0 heterocycles. The standard InChI is InChI=1S/C7H7O4PS/c8-7(11-12(9,10)13)6-4-2-1-3-5-6/h1-5H,(H2,9,10,13). The average Bonchev–Trinajstić information content (AvgIpc) is 2.03. The normalized spacial score (nSPS) is 10.9. The zero-order chi connectivity index (χ0) is 9.90. The van der Waals surface area contributed by atoms with Gasteiger partial charge in [0.05, 0.1) is 5.56 Å². The first kappa shape index (κ1) is 10.3. The number of benzene rings is 1. The molecule has 2 N–H and O–H groups in total. The molecule has 0 bridgehead atoms. The van der Waals surface area contributed by atoms with Crippen LogP contribution in [-0.2, 0) is 16.3 Å². The van der Waals surface area contributed by atoms with Gasteiger partial charge in [-0.1, -0.05) is 18.2 Å². The fourth-order valence-corrected chi connectivity index (χ4v) is 1.26. The van der Waals surface area contributed by atoms with E-state index in [0.29, 0.717) is 0 Å². The van der Waals surface area contributed by atoms with E-state index < -0.39 is 12.7 Å². The lowest BCUT2D eigenvalue weighted by molar-refractivity contribution is 0.0712. The summed E-state index contributed by atoms with van der Waals surface area (Å²) in [6.07, 6.45) is 0. The zero-order valence-electron chi connectivity index (χ0n) is 6.45. The molecule has 13 heavy (non-hydrogen) atoms. The van der Waals surface area contributed by atoms with Gasteiger partial charge >= 0.3 is 12.7 Å². The summed E-state index contributed by atoms with van der Waals surface area (Å²) in [5.74, 6) is -0.825. The van der Waals surface area contributed by atoms with Gasteiger partial charge < -0.3 is 14.3 Å². The van der Waals surface area contributed by atoms with Gasteiger partial charge in [-0.2, -0.15) is 0 Å². The van der Waals surface area contributed by atoms with E-state index in [1.165, 1.54) is 12.1 Å². The highest BCUT2D eigenvalue weighted by Gasteiger charge is 2.16. The molecule has 0 amide bonds. The van der Waals surface area contributed by atoms with Crippen LogP contribution in [0.25, 0.3) is 0 Å². The summed E-state index contributed by atoms with van der Waals surface area (Å²) in [5.41, 5.74) is 0.236. The van der Waals surface area contributed by atoms with Gasteiger partial charge in [-0.05, 0) is 12.1 Å². The van der Waals surface area contributed by atoms with Crippen molar-refractivity contribution in [2.75, 3.05) is 0 Å². The van der Waals surface area contributed by atoms with Crippen molar-refractivity contribution in [1.82, 2.24) is 0 Å². The van der Waals surface area contributed by atoms with Gasteiger partial charge in [0.25, 0.3) is 0 Å². The molecule has 0 radical (unpaired) electrons. The maximum Gasteiger partial charge on any atom is 0.377 e. The van der Waals surface area contributed by atoms with E-state index in [4.69, 9.17) is 9.79 Å². The maximum absolute atomic E-state index is 11.1. The molecule has 0 aliphatic rings. The first-order chi connectivity index (χ1) is 5.99.